The van der Waals surface area contributed by atoms with Gasteiger partial charge in [-0.15, -0.1) is 5.10 Å². The van der Waals surface area contributed by atoms with Gasteiger partial charge in [0.25, 0.3) is 5.91 Å². The average molecular weight is 334 g/mol. The first kappa shape index (κ1) is 15.5. The van der Waals surface area contributed by atoms with E-state index in [4.69, 9.17) is 4.52 Å². The molecule has 0 bridgehead atoms. The summed E-state index contributed by atoms with van der Waals surface area (Å²) in [5.41, 5.74) is 5.04. The Labute approximate surface area is 145 Å². The smallest absolute Gasteiger partial charge is 0.251 e. The van der Waals surface area contributed by atoms with E-state index < -0.39 is 0 Å². The Morgan fingerprint density at radius 2 is 2.04 bits per heavy atom. The normalized spacial score (nSPS) is 13.7. The van der Waals surface area contributed by atoms with Crippen molar-refractivity contribution >= 4 is 5.91 Å². The van der Waals surface area contributed by atoms with Gasteiger partial charge in [0.1, 0.15) is 5.69 Å². The summed E-state index contributed by atoms with van der Waals surface area (Å²) in [4.78, 5) is 16.8. The monoisotopic (exact) mass is 334 g/mol. The van der Waals surface area contributed by atoms with E-state index in [0.717, 1.165) is 35.2 Å². The second-order valence-corrected chi connectivity index (χ2v) is 6.39. The van der Waals surface area contributed by atoms with Crippen LogP contribution >= 0.6 is 0 Å². The van der Waals surface area contributed by atoms with Crippen LogP contribution in [0.4, 0.5) is 0 Å². The molecule has 0 radical (unpaired) electrons. The highest BCUT2D eigenvalue weighted by molar-refractivity contribution is 5.96. The molecule has 3 aromatic rings. The highest BCUT2D eigenvalue weighted by Crippen LogP contribution is 2.27. The molecule has 126 valence electrons. The van der Waals surface area contributed by atoms with E-state index in [0.29, 0.717) is 23.1 Å². The van der Waals surface area contributed by atoms with Gasteiger partial charge in [0.05, 0.1) is 5.69 Å². The Morgan fingerprint density at radius 1 is 1.20 bits per heavy atom. The van der Waals surface area contributed by atoms with Gasteiger partial charge >= 0.3 is 0 Å². The predicted molar refractivity (Wildman–Crippen MR) is 92.9 cm³/mol. The summed E-state index contributed by atoms with van der Waals surface area (Å²) in [6.45, 7) is 3.83. The summed E-state index contributed by atoms with van der Waals surface area (Å²) in [5.74, 6) is 0.633. The molecule has 1 aliphatic rings. The lowest BCUT2D eigenvalue weighted by molar-refractivity contribution is 0.0951. The maximum absolute atomic E-state index is 12.3. The highest BCUT2D eigenvalue weighted by atomic mass is 16.5. The van der Waals surface area contributed by atoms with Crippen molar-refractivity contribution in [2.24, 2.45) is 0 Å². The zero-order valence-electron chi connectivity index (χ0n) is 14.1. The summed E-state index contributed by atoms with van der Waals surface area (Å²) in [7, 11) is 0. The van der Waals surface area contributed by atoms with Crippen LogP contribution in [0, 0.1) is 13.8 Å². The van der Waals surface area contributed by atoms with Crippen molar-refractivity contribution in [1.29, 1.82) is 0 Å². The van der Waals surface area contributed by atoms with Crippen molar-refractivity contribution in [2.45, 2.75) is 32.7 Å². The van der Waals surface area contributed by atoms with Gasteiger partial charge in [0.2, 0.25) is 0 Å². The molecule has 0 spiro atoms. The lowest BCUT2D eigenvalue weighted by Crippen LogP contribution is -2.25. The van der Waals surface area contributed by atoms with E-state index in [1.54, 1.807) is 6.20 Å². The lowest BCUT2D eigenvalue weighted by Gasteiger charge is -2.09. The number of carbonyl (C=O) groups is 1. The number of benzene rings is 1. The summed E-state index contributed by atoms with van der Waals surface area (Å²) >= 11 is 0. The van der Waals surface area contributed by atoms with E-state index in [-0.39, 0.29) is 5.91 Å². The molecule has 1 saturated carbocycles. The number of nitrogens with zero attached hydrogens (tertiary/aromatic N) is 3. The number of hydrogen-bond acceptors (Lipinski definition) is 5. The molecule has 6 heteroatoms. The third-order valence-electron chi connectivity index (χ3n) is 4.38. The van der Waals surface area contributed by atoms with Crippen LogP contribution < -0.4 is 5.32 Å². The molecule has 0 saturated heterocycles. The van der Waals surface area contributed by atoms with Gasteiger partial charge in [0.15, 0.2) is 5.76 Å². The van der Waals surface area contributed by atoms with E-state index in [1.165, 1.54) is 0 Å². The molecule has 1 aromatic carbocycles. The van der Waals surface area contributed by atoms with Gasteiger partial charge in [0, 0.05) is 34.2 Å². The molecule has 0 atom stereocenters. The fraction of sp³-hybridized carbons (Fsp3) is 0.263. The second kappa shape index (κ2) is 6.12. The number of hydrogen-bond donors (Lipinski definition) is 1. The number of aromatic nitrogens is 3. The van der Waals surface area contributed by atoms with Crippen LogP contribution in [-0.2, 0) is 0 Å². The summed E-state index contributed by atoms with van der Waals surface area (Å²) < 4.78 is 5.00. The quantitative estimate of drug-likeness (QED) is 0.791. The molecule has 6 nitrogen and oxygen atoms in total. The molecule has 1 aliphatic carbocycles. The number of nitrogens with one attached hydrogen (secondary N) is 1. The number of aryl methyl sites for hydroxylation is 2. The summed E-state index contributed by atoms with van der Waals surface area (Å²) in [6.07, 6.45) is 3.89. The topological polar surface area (TPSA) is 80.9 Å². The van der Waals surface area contributed by atoms with Gasteiger partial charge < -0.3 is 9.84 Å². The molecular formula is C19H18N4O2. The van der Waals surface area contributed by atoms with E-state index in [2.05, 4.69) is 20.7 Å². The molecule has 2 heterocycles. The largest absolute Gasteiger partial charge is 0.349 e. The van der Waals surface area contributed by atoms with E-state index in [9.17, 15) is 4.79 Å². The molecule has 1 amide bonds. The SMILES string of the molecule is Cc1ccc(C(=O)NC2CC2)cc1-c1ccc(-c2nnoc2C)cn1. The Bertz CT molecular complexity index is 927. The van der Waals surface area contributed by atoms with Crippen molar-refractivity contribution in [3.05, 3.63) is 53.4 Å². The van der Waals surface area contributed by atoms with Gasteiger partial charge in [-0.2, -0.15) is 0 Å². The van der Waals surface area contributed by atoms with E-state index in [1.807, 2.05) is 44.2 Å². The molecular weight excluding hydrogens is 316 g/mol. The van der Waals surface area contributed by atoms with Crippen molar-refractivity contribution in [2.75, 3.05) is 0 Å². The van der Waals surface area contributed by atoms with Crippen molar-refractivity contribution in [1.82, 2.24) is 20.7 Å². The summed E-state index contributed by atoms with van der Waals surface area (Å²) in [6, 6.07) is 9.92. The zero-order chi connectivity index (χ0) is 17.4. The van der Waals surface area contributed by atoms with Gasteiger partial charge in [-0.3, -0.25) is 9.78 Å². The van der Waals surface area contributed by atoms with Crippen LogP contribution in [0.15, 0.2) is 41.1 Å². The molecule has 25 heavy (non-hydrogen) atoms. The van der Waals surface area contributed by atoms with Gasteiger partial charge in [-0.05, 0) is 56.5 Å². The van der Waals surface area contributed by atoms with Crippen LogP contribution in [0.3, 0.4) is 0 Å². The standard InChI is InChI=1S/C19H18N4O2/c1-11-3-4-13(19(24)21-15-6-7-15)9-16(11)17-8-5-14(10-20-17)18-12(2)25-23-22-18/h3-5,8-10,15H,6-7H2,1-2H3,(H,21,24). The maximum atomic E-state index is 12.3. The van der Waals surface area contributed by atoms with Gasteiger partial charge in [-0.1, -0.05) is 6.07 Å². The van der Waals surface area contributed by atoms with Crippen LogP contribution in [0.5, 0.6) is 0 Å². The van der Waals surface area contributed by atoms with Crippen molar-refractivity contribution in [3.63, 3.8) is 0 Å². The third kappa shape index (κ3) is 3.15. The minimum Gasteiger partial charge on any atom is -0.349 e. The summed E-state index contributed by atoms with van der Waals surface area (Å²) in [5, 5.41) is 10.5. The molecule has 4 rings (SSSR count). The first-order valence-electron chi connectivity index (χ1n) is 8.29. The minimum absolute atomic E-state index is 0.0235. The first-order valence-corrected chi connectivity index (χ1v) is 8.29. The van der Waals surface area contributed by atoms with Crippen LogP contribution in [0.2, 0.25) is 0 Å². The molecule has 1 N–H and O–H groups in total. The highest BCUT2D eigenvalue weighted by Gasteiger charge is 2.24. The number of carbonyl (C=O) groups excluding carboxylic acids is 1. The number of amides is 1. The first-order chi connectivity index (χ1) is 12.1. The maximum Gasteiger partial charge on any atom is 0.251 e. The Morgan fingerprint density at radius 3 is 2.68 bits per heavy atom. The average Bonchev–Trinajstić information content (AvgIpc) is 3.33. The lowest BCUT2D eigenvalue weighted by atomic mass is 10.0. The van der Waals surface area contributed by atoms with Crippen LogP contribution in [0.1, 0.15) is 34.5 Å². The van der Waals surface area contributed by atoms with Gasteiger partial charge in [-0.25, -0.2) is 0 Å². The van der Waals surface area contributed by atoms with E-state index >= 15 is 0 Å². The molecule has 1 fully saturated rings. The number of pyridine rings is 1. The fourth-order valence-corrected chi connectivity index (χ4v) is 2.73. The van der Waals surface area contributed by atoms with Crippen LogP contribution in [0.25, 0.3) is 22.5 Å². The van der Waals surface area contributed by atoms with Crippen molar-refractivity contribution in [3.8, 4) is 22.5 Å². The van der Waals surface area contributed by atoms with Crippen LogP contribution in [-0.4, -0.2) is 27.3 Å². The molecule has 0 aliphatic heterocycles. The fourth-order valence-electron chi connectivity index (χ4n) is 2.73. The Hall–Kier alpha value is -3.02. The Kier molecular flexibility index (Phi) is 3.80. The zero-order valence-corrected chi connectivity index (χ0v) is 14.1. The van der Waals surface area contributed by atoms with Crippen molar-refractivity contribution < 1.29 is 9.32 Å². The third-order valence-corrected chi connectivity index (χ3v) is 4.38. The molecule has 2 aromatic heterocycles. The molecule has 0 unspecified atom stereocenters. The second-order valence-electron chi connectivity index (χ2n) is 6.39. The minimum atomic E-state index is -0.0235. The predicted octanol–water partition coefficient (Wildman–Crippen LogP) is 3.31. The number of rotatable bonds is 4. The Balaban J connectivity index is 1.64.